The molecule has 0 fully saturated rings. The first kappa shape index (κ1) is 10.5. The Balaban J connectivity index is 2.33. The summed E-state index contributed by atoms with van der Waals surface area (Å²) in [5, 5.41) is 0. The van der Waals surface area contributed by atoms with Gasteiger partial charge in [0.05, 0.1) is 6.61 Å². The molecule has 0 aliphatic rings. The number of halogens is 1. The number of aromatic nitrogens is 1. The second-order valence-corrected chi connectivity index (χ2v) is 4.26. The van der Waals surface area contributed by atoms with Gasteiger partial charge < -0.3 is 4.74 Å². The lowest BCUT2D eigenvalue weighted by Gasteiger charge is -2.06. The van der Waals surface area contributed by atoms with E-state index in [-0.39, 0.29) is 0 Å². The molecule has 0 saturated heterocycles. The van der Waals surface area contributed by atoms with Gasteiger partial charge in [-0.1, -0.05) is 13.8 Å². The minimum Gasteiger partial charge on any atom is -0.478 e. The van der Waals surface area contributed by atoms with Gasteiger partial charge in [-0.25, -0.2) is 4.98 Å². The van der Waals surface area contributed by atoms with Gasteiger partial charge in [-0.05, 0) is 34.3 Å². The summed E-state index contributed by atoms with van der Waals surface area (Å²) in [6.07, 6.45) is 2.81. The van der Waals surface area contributed by atoms with Gasteiger partial charge in [0, 0.05) is 16.7 Å². The molecular formula is C10H14BrNO. The van der Waals surface area contributed by atoms with Crippen LogP contribution < -0.4 is 4.74 Å². The summed E-state index contributed by atoms with van der Waals surface area (Å²) in [5.74, 6) is 1.37. The molecular weight excluding hydrogens is 230 g/mol. The van der Waals surface area contributed by atoms with Crippen LogP contribution in [0.15, 0.2) is 22.8 Å². The quantitative estimate of drug-likeness (QED) is 0.810. The molecule has 72 valence electrons. The number of hydrogen-bond donors (Lipinski definition) is 0. The number of ether oxygens (including phenoxy) is 1. The molecule has 0 aliphatic carbocycles. The van der Waals surface area contributed by atoms with Crippen LogP contribution in [0.5, 0.6) is 5.88 Å². The minimum atomic E-state index is 0.676. The van der Waals surface area contributed by atoms with Crippen LogP contribution in [0.4, 0.5) is 0 Å². The highest BCUT2D eigenvalue weighted by Crippen LogP contribution is 2.12. The first-order valence-electron chi connectivity index (χ1n) is 4.43. The number of rotatable bonds is 4. The van der Waals surface area contributed by atoms with Gasteiger partial charge in [-0.15, -0.1) is 0 Å². The Bertz CT molecular complexity index is 246. The van der Waals surface area contributed by atoms with E-state index in [1.165, 1.54) is 0 Å². The van der Waals surface area contributed by atoms with Crippen molar-refractivity contribution in [3.8, 4) is 5.88 Å². The predicted octanol–water partition coefficient (Wildman–Crippen LogP) is 3.27. The van der Waals surface area contributed by atoms with Crippen LogP contribution in [0.2, 0.25) is 0 Å². The molecule has 0 aliphatic heterocycles. The topological polar surface area (TPSA) is 22.1 Å². The summed E-state index contributed by atoms with van der Waals surface area (Å²) < 4.78 is 6.42. The highest BCUT2D eigenvalue weighted by molar-refractivity contribution is 9.10. The highest BCUT2D eigenvalue weighted by Gasteiger charge is 1.97. The molecule has 0 aromatic carbocycles. The molecule has 0 bridgehead atoms. The summed E-state index contributed by atoms with van der Waals surface area (Å²) in [6.45, 7) is 5.10. The van der Waals surface area contributed by atoms with E-state index < -0.39 is 0 Å². The van der Waals surface area contributed by atoms with Crippen molar-refractivity contribution in [3.05, 3.63) is 22.8 Å². The van der Waals surface area contributed by atoms with Crippen LogP contribution >= 0.6 is 15.9 Å². The normalized spacial score (nSPS) is 10.5. The van der Waals surface area contributed by atoms with Crippen molar-refractivity contribution in [2.45, 2.75) is 20.3 Å². The van der Waals surface area contributed by atoms with E-state index in [2.05, 4.69) is 34.8 Å². The van der Waals surface area contributed by atoms with E-state index in [9.17, 15) is 0 Å². The molecule has 13 heavy (non-hydrogen) atoms. The zero-order chi connectivity index (χ0) is 9.68. The molecule has 0 N–H and O–H groups in total. The van der Waals surface area contributed by atoms with E-state index in [4.69, 9.17) is 4.74 Å². The lowest BCUT2D eigenvalue weighted by atomic mass is 10.1. The molecule has 0 saturated carbocycles. The van der Waals surface area contributed by atoms with Gasteiger partial charge in [0.15, 0.2) is 0 Å². The first-order valence-corrected chi connectivity index (χ1v) is 5.22. The van der Waals surface area contributed by atoms with Gasteiger partial charge in [0.2, 0.25) is 5.88 Å². The molecule has 0 spiro atoms. The Morgan fingerprint density at radius 2 is 2.23 bits per heavy atom. The summed E-state index contributed by atoms with van der Waals surface area (Å²) >= 11 is 3.32. The molecule has 1 aromatic rings. The highest BCUT2D eigenvalue weighted by atomic mass is 79.9. The average Bonchev–Trinajstić information content (AvgIpc) is 2.08. The zero-order valence-electron chi connectivity index (χ0n) is 7.96. The number of pyridine rings is 1. The van der Waals surface area contributed by atoms with E-state index in [1.54, 1.807) is 6.20 Å². The maximum atomic E-state index is 5.44. The third kappa shape index (κ3) is 4.27. The molecule has 0 radical (unpaired) electrons. The average molecular weight is 244 g/mol. The van der Waals surface area contributed by atoms with Crippen LogP contribution in [-0.4, -0.2) is 11.6 Å². The molecule has 0 unspecified atom stereocenters. The number of nitrogens with zero attached hydrogens (tertiary/aromatic N) is 1. The molecule has 0 amide bonds. The van der Waals surface area contributed by atoms with Crippen LogP contribution in [0.1, 0.15) is 20.3 Å². The van der Waals surface area contributed by atoms with Crippen LogP contribution in [0, 0.1) is 5.92 Å². The summed E-state index contributed by atoms with van der Waals surface area (Å²) in [6, 6.07) is 3.79. The van der Waals surface area contributed by atoms with Crippen molar-refractivity contribution in [3.63, 3.8) is 0 Å². The second-order valence-electron chi connectivity index (χ2n) is 3.35. The van der Waals surface area contributed by atoms with Crippen molar-refractivity contribution < 1.29 is 4.74 Å². The van der Waals surface area contributed by atoms with Gasteiger partial charge >= 0.3 is 0 Å². The van der Waals surface area contributed by atoms with Crippen LogP contribution in [0.3, 0.4) is 0 Å². The molecule has 1 rings (SSSR count). The van der Waals surface area contributed by atoms with E-state index in [0.717, 1.165) is 17.5 Å². The third-order valence-corrected chi connectivity index (χ3v) is 2.11. The SMILES string of the molecule is CC(C)CCOc1ccc(Br)cn1. The smallest absolute Gasteiger partial charge is 0.213 e. The lowest BCUT2D eigenvalue weighted by Crippen LogP contribution is -2.02. The van der Waals surface area contributed by atoms with Crippen molar-refractivity contribution in [1.82, 2.24) is 4.98 Å². The first-order chi connectivity index (χ1) is 6.18. The molecule has 2 nitrogen and oxygen atoms in total. The molecule has 1 heterocycles. The van der Waals surface area contributed by atoms with Crippen molar-refractivity contribution in [2.75, 3.05) is 6.61 Å². The van der Waals surface area contributed by atoms with Crippen molar-refractivity contribution in [1.29, 1.82) is 0 Å². The minimum absolute atomic E-state index is 0.676. The van der Waals surface area contributed by atoms with Crippen molar-refractivity contribution in [2.24, 2.45) is 5.92 Å². The van der Waals surface area contributed by atoms with E-state index >= 15 is 0 Å². The Labute approximate surface area is 87.5 Å². The summed E-state index contributed by atoms with van der Waals surface area (Å²) in [5.41, 5.74) is 0. The van der Waals surface area contributed by atoms with E-state index in [1.807, 2.05) is 12.1 Å². The number of hydrogen-bond acceptors (Lipinski definition) is 2. The fourth-order valence-corrected chi connectivity index (χ4v) is 1.08. The van der Waals surface area contributed by atoms with Crippen LogP contribution in [-0.2, 0) is 0 Å². The Hall–Kier alpha value is -0.570. The molecule has 3 heteroatoms. The second kappa shape index (κ2) is 5.22. The molecule has 1 aromatic heterocycles. The Morgan fingerprint density at radius 1 is 1.46 bits per heavy atom. The fraction of sp³-hybridized carbons (Fsp3) is 0.500. The largest absolute Gasteiger partial charge is 0.478 e. The summed E-state index contributed by atoms with van der Waals surface area (Å²) in [7, 11) is 0. The van der Waals surface area contributed by atoms with Gasteiger partial charge in [0.1, 0.15) is 0 Å². The van der Waals surface area contributed by atoms with Gasteiger partial charge in [0.25, 0.3) is 0 Å². The maximum Gasteiger partial charge on any atom is 0.213 e. The zero-order valence-corrected chi connectivity index (χ0v) is 9.54. The lowest BCUT2D eigenvalue weighted by molar-refractivity contribution is 0.279. The van der Waals surface area contributed by atoms with E-state index in [0.29, 0.717) is 11.8 Å². The van der Waals surface area contributed by atoms with Crippen molar-refractivity contribution >= 4 is 15.9 Å². The standard InChI is InChI=1S/C10H14BrNO/c1-8(2)5-6-13-10-4-3-9(11)7-12-10/h3-4,7-8H,5-6H2,1-2H3. The molecule has 0 atom stereocenters. The Morgan fingerprint density at radius 3 is 2.77 bits per heavy atom. The third-order valence-electron chi connectivity index (χ3n) is 1.65. The monoisotopic (exact) mass is 243 g/mol. The van der Waals surface area contributed by atoms with Gasteiger partial charge in [-0.2, -0.15) is 0 Å². The van der Waals surface area contributed by atoms with Crippen LogP contribution in [0.25, 0.3) is 0 Å². The predicted molar refractivity (Wildman–Crippen MR) is 56.9 cm³/mol. The fourth-order valence-electron chi connectivity index (χ4n) is 0.847. The summed E-state index contributed by atoms with van der Waals surface area (Å²) in [4.78, 5) is 4.11. The van der Waals surface area contributed by atoms with Gasteiger partial charge in [-0.3, -0.25) is 0 Å². The maximum absolute atomic E-state index is 5.44. The Kier molecular flexibility index (Phi) is 4.22.